The maximum Gasteiger partial charge on any atom is 0.274 e. The number of carbonyl (C=O) groups is 1. The summed E-state index contributed by atoms with van der Waals surface area (Å²) in [5.41, 5.74) is 6.03. The Labute approximate surface area is 170 Å². The molecule has 29 heavy (non-hydrogen) atoms. The first-order chi connectivity index (χ1) is 14.0. The SMILES string of the molecule is NC1=C(C(=O)NC2=C(OCCCCO)NCN=C2)NC(c2c(F)cccc2F)S1. The Balaban J connectivity index is 1.69. The number of nitrogens with two attached hydrogens (primary N) is 1. The zero-order chi connectivity index (χ0) is 20.8. The van der Waals surface area contributed by atoms with Gasteiger partial charge >= 0.3 is 0 Å². The average Bonchev–Trinajstić information content (AvgIpc) is 3.07. The normalized spacial score (nSPS) is 18.5. The van der Waals surface area contributed by atoms with Crippen LogP contribution in [0.3, 0.4) is 0 Å². The molecule has 156 valence electrons. The van der Waals surface area contributed by atoms with Crippen LogP contribution in [0.4, 0.5) is 8.78 Å². The third-order valence-electron chi connectivity index (χ3n) is 4.10. The number of thioether (sulfide) groups is 1. The van der Waals surface area contributed by atoms with Gasteiger partial charge in [0, 0.05) is 6.61 Å². The Hall–Kier alpha value is -2.79. The molecule has 0 saturated carbocycles. The van der Waals surface area contributed by atoms with Gasteiger partial charge in [-0.15, -0.1) is 0 Å². The predicted octanol–water partition coefficient (Wildman–Crippen LogP) is 1.13. The highest BCUT2D eigenvalue weighted by molar-refractivity contribution is 8.03. The van der Waals surface area contributed by atoms with Gasteiger partial charge in [-0.3, -0.25) is 9.79 Å². The summed E-state index contributed by atoms with van der Waals surface area (Å²) in [6.07, 6.45) is 2.69. The molecule has 2 heterocycles. The number of ether oxygens (including phenoxy) is 1. The number of amides is 1. The van der Waals surface area contributed by atoms with Crippen molar-refractivity contribution in [2.24, 2.45) is 10.7 Å². The molecule has 1 atom stereocenters. The molecule has 8 nitrogen and oxygen atoms in total. The topological polar surface area (TPSA) is 121 Å². The van der Waals surface area contributed by atoms with Crippen molar-refractivity contribution >= 4 is 23.9 Å². The first-order valence-corrected chi connectivity index (χ1v) is 9.79. The van der Waals surface area contributed by atoms with Crippen molar-refractivity contribution in [1.29, 1.82) is 0 Å². The summed E-state index contributed by atoms with van der Waals surface area (Å²) in [4.78, 5) is 16.7. The van der Waals surface area contributed by atoms with Gasteiger partial charge < -0.3 is 31.5 Å². The van der Waals surface area contributed by atoms with Crippen molar-refractivity contribution in [3.8, 4) is 0 Å². The van der Waals surface area contributed by atoms with Crippen LogP contribution in [0.15, 0.2) is 45.5 Å². The maximum atomic E-state index is 14.0. The summed E-state index contributed by atoms with van der Waals surface area (Å²) in [6, 6.07) is 3.55. The van der Waals surface area contributed by atoms with Gasteiger partial charge in [-0.05, 0) is 25.0 Å². The van der Waals surface area contributed by atoms with E-state index >= 15 is 0 Å². The van der Waals surface area contributed by atoms with E-state index in [1.165, 1.54) is 12.3 Å². The zero-order valence-corrected chi connectivity index (χ0v) is 16.2. The molecule has 11 heteroatoms. The van der Waals surface area contributed by atoms with Crippen LogP contribution < -0.4 is 21.7 Å². The summed E-state index contributed by atoms with van der Waals surface area (Å²) in [7, 11) is 0. The number of rotatable bonds is 8. The van der Waals surface area contributed by atoms with Gasteiger partial charge in [0.1, 0.15) is 35.1 Å². The van der Waals surface area contributed by atoms with Crippen molar-refractivity contribution in [3.63, 3.8) is 0 Å². The quantitative estimate of drug-likeness (QED) is 0.396. The van der Waals surface area contributed by atoms with E-state index in [2.05, 4.69) is 20.9 Å². The second kappa shape index (κ2) is 9.61. The fourth-order valence-corrected chi connectivity index (χ4v) is 3.73. The minimum absolute atomic E-state index is 0.00811. The maximum absolute atomic E-state index is 14.0. The van der Waals surface area contributed by atoms with Gasteiger partial charge in [0.2, 0.25) is 5.88 Å². The number of hydrogen-bond donors (Lipinski definition) is 5. The summed E-state index contributed by atoms with van der Waals surface area (Å²) >= 11 is 0.951. The smallest absolute Gasteiger partial charge is 0.274 e. The third kappa shape index (κ3) is 4.98. The molecule has 0 fully saturated rings. The van der Waals surface area contributed by atoms with E-state index in [0.29, 0.717) is 37.7 Å². The number of aliphatic imine (C=N–C) groups is 1. The number of hydrogen-bond acceptors (Lipinski definition) is 8. The highest BCUT2D eigenvalue weighted by Gasteiger charge is 2.32. The van der Waals surface area contributed by atoms with E-state index in [1.54, 1.807) is 0 Å². The van der Waals surface area contributed by atoms with Crippen molar-refractivity contribution < 1.29 is 23.4 Å². The molecule has 1 unspecified atom stereocenters. The van der Waals surface area contributed by atoms with Crippen LogP contribution in [-0.2, 0) is 9.53 Å². The van der Waals surface area contributed by atoms with Crippen LogP contribution in [0.2, 0.25) is 0 Å². The number of nitrogens with zero attached hydrogens (tertiary/aromatic N) is 1. The number of aliphatic hydroxyl groups is 1. The largest absolute Gasteiger partial charge is 0.478 e. The van der Waals surface area contributed by atoms with Crippen LogP contribution in [0, 0.1) is 11.6 Å². The van der Waals surface area contributed by atoms with Gasteiger partial charge in [-0.25, -0.2) is 8.78 Å². The standard InChI is InChI=1S/C18H21F2N5O3S/c19-10-4-3-5-11(20)13(10)18-25-14(15(21)29-18)16(27)24-12-8-22-9-23-17(12)28-7-2-1-6-26/h3-5,8,18,23,25-26H,1-2,6-7,9,21H2,(H,24,27). The molecule has 3 rings (SSSR count). The summed E-state index contributed by atoms with van der Waals surface area (Å²) in [5.74, 6) is -1.70. The Morgan fingerprint density at radius 3 is 2.86 bits per heavy atom. The zero-order valence-electron chi connectivity index (χ0n) is 15.4. The number of benzene rings is 1. The van der Waals surface area contributed by atoms with Gasteiger partial charge in [0.15, 0.2) is 0 Å². The molecule has 0 bridgehead atoms. The second-order valence-corrected chi connectivity index (χ2v) is 7.29. The van der Waals surface area contributed by atoms with E-state index in [1.807, 2.05) is 0 Å². The molecule has 0 aromatic heterocycles. The van der Waals surface area contributed by atoms with Gasteiger partial charge in [-0.1, -0.05) is 17.8 Å². The minimum Gasteiger partial charge on any atom is -0.478 e. The van der Waals surface area contributed by atoms with Gasteiger partial charge in [-0.2, -0.15) is 0 Å². The van der Waals surface area contributed by atoms with Gasteiger partial charge in [0.25, 0.3) is 5.91 Å². The van der Waals surface area contributed by atoms with E-state index in [9.17, 15) is 13.6 Å². The number of carbonyl (C=O) groups excluding carboxylic acids is 1. The molecule has 0 saturated heterocycles. The molecule has 1 aromatic rings. The third-order valence-corrected chi connectivity index (χ3v) is 5.15. The van der Waals surface area contributed by atoms with E-state index < -0.39 is 22.9 Å². The van der Waals surface area contributed by atoms with Crippen LogP contribution >= 0.6 is 11.8 Å². The minimum atomic E-state index is -0.863. The van der Waals surface area contributed by atoms with Crippen molar-refractivity contribution in [2.75, 3.05) is 19.9 Å². The number of unbranched alkanes of at least 4 members (excludes halogenated alkanes) is 1. The van der Waals surface area contributed by atoms with Crippen molar-refractivity contribution in [3.05, 3.63) is 57.7 Å². The molecule has 0 aliphatic carbocycles. The van der Waals surface area contributed by atoms with Crippen molar-refractivity contribution in [1.82, 2.24) is 16.0 Å². The Kier molecular flexibility index (Phi) is 6.94. The molecular formula is C18H21F2N5O3S. The number of aliphatic hydroxyl groups excluding tert-OH is 1. The summed E-state index contributed by atoms with van der Waals surface area (Å²) in [6.45, 7) is 0.716. The second-order valence-electron chi connectivity index (χ2n) is 6.14. The number of allylic oxidation sites excluding steroid dienone is 1. The van der Waals surface area contributed by atoms with Crippen LogP contribution in [-0.4, -0.2) is 37.1 Å². The Morgan fingerprint density at radius 2 is 2.14 bits per heavy atom. The molecule has 1 aromatic carbocycles. The fraction of sp³-hybridized carbons (Fsp3) is 0.333. The Bertz CT molecular complexity index is 855. The first-order valence-electron chi connectivity index (χ1n) is 8.91. The summed E-state index contributed by atoms with van der Waals surface area (Å²) in [5, 5.41) is 16.4. The average molecular weight is 425 g/mol. The van der Waals surface area contributed by atoms with Crippen LogP contribution in [0.1, 0.15) is 23.8 Å². The van der Waals surface area contributed by atoms with Crippen LogP contribution in [0.5, 0.6) is 0 Å². The summed E-state index contributed by atoms with van der Waals surface area (Å²) < 4.78 is 33.7. The molecular weight excluding hydrogens is 404 g/mol. The molecule has 2 aliphatic rings. The number of nitrogens with one attached hydrogen (secondary N) is 3. The molecule has 2 aliphatic heterocycles. The van der Waals surface area contributed by atoms with Gasteiger partial charge in [0.05, 0.1) is 23.4 Å². The lowest BCUT2D eigenvalue weighted by molar-refractivity contribution is -0.117. The molecule has 6 N–H and O–H groups in total. The Morgan fingerprint density at radius 1 is 1.38 bits per heavy atom. The number of halogens is 2. The van der Waals surface area contributed by atoms with Crippen molar-refractivity contribution in [2.45, 2.75) is 18.2 Å². The molecule has 0 spiro atoms. The molecule has 0 radical (unpaired) electrons. The lowest BCUT2D eigenvalue weighted by Crippen LogP contribution is -2.36. The molecule has 1 amide bonds. The monoisotopic (exact) mass is 425 g/mol. The van der Waals surface area contributed by atoms with E-state index in [-0.39, 0.29) is 22.9 Å². The first kappa shape index (κ1) is 20.9. The highest BCUT2D eigenvalue weighted by atomic mass is 32.2. The van der Waals surface area contributed by atoms with E-state index in [4.69, 9.17) is 15.6 Å². The predicted molar refractivity (Wildman–Crippen MR) is 105 cm³/mol. The van der Waals surface area contributed by atoms with E-state index in [0.717, 1.165) is 23.9 Å². The van der Waals surface area contributed by atoms with Crippen LogP contribution in [0.25, 0.3) is 0 Å². The highest BCUT2D eigenvalue weighted by Crippen LogP contribution is 2.39. The lowest BCUT2D eigenvalue weighted by atomic mass is 10.2. The fourth-order valence-electron chi connectivity index (χ4n) is 2.69. The lowest BCUT2D eigenvalue weighted by Gasteiger charge is -2.19.